The number of hydrogen-bond acceptors (Lipinski definition) is 5. The molecule has 1 amide bonds. The van der Waals surface area contributed by atoms with Crippen LogP contribution in [-0.2, 0) is 11.3 Å². The third-order valence-electron chi connectivity index (χ3n) is 3.73. The van der Waals surface area contributed by atoms with E-state index in [1.807, 2.05) is 0 Å². The Labute approximate surface area is 145 Å². The van der Waals surface area contributed by atoms with E-state index in [0.29, 0.717) is 30.0 Å². The normalized spacial score (nSPS) is 10.2. The molecule has 0 radical (unpaired) electrons. The summed E-state index contributed by atoms with van der Waals surface area (Å²) < 4.78 is 11.2. The lowest BCUT2D eigenvalue weighted by Crippen LogP contribution is -2.31. The number of nitrogens with one attached hydrogen (secondary N) is 1. The zero-order valence-corrected chi connectivity index (χ0v) is 14.4. The first-order valence-corrected chi connectivity index (χ1v) is 7.68. The molecule has 0 fully saturated rings. The quantitative estimate of drug-likeness (QED) is 0.800. The molecule has 0 aliphatic heterocycles. The molecule has 0 saturated heterocycles. The summed E-state index contributed by atoms with van der Waals surface area (Å²) in [6.45, 7) is 2.45. The fraction of sp³-hybridized carbons (Fsp3) is 0.278. The molecule has 2 aromatic rings. The van der Waals surface area contributed by atoms with Gasteiger partial charge in [-0.05, 0) is 37.3 Å². The molecule has 1 N–H and O–H groups in total. The van der Waals surface area contributed by atoms with Crippen LogP contribution in [0, 0.1) is 6.92 Å². The second-order valence-electron chi connectivity index (χ2n) is 5.35. The Kier molecular flexibility index (Phi) is 5.94. The number of esters is 1. The molecule has 0 bridgehead atoms. The van der Waals surface area contributed by atoms with Crippen molar-refractivity contribution in [1.82, 2.24) is 9.88 Å². The number of carbonyl (C=O) groups excluding carboxylic acids is 2. The number of pyridine rings is 1. The molecule has 2 rings (SSSR count). The van der Waals surface area contributed by atoms with Crippen molar-refractivity contribution in [2.75, 3.05) is 20.8 Å². The van der Waals surface area contributed by atoms with Gasteiger partial charge >= 0.3 is 5.97 Å². The summed E-state index contributed by atoms with van der Waals surface area (Å²) >= 11 is 0. The van der Waals surface area contributed by atoms with Gasteiger partial charge in [0.15, 0.2) is 0 Å². The van der Waals surface area contributed by atoms with Gasteiger partial charge < -0.3 is 19.4 Å². The Balaban J connectivity index is 1.97. The van der Waals surface area contributed by atoms with E-state index >= 15 is 0 Å². The maximum absolute atomic E-state index is 12.1. The molecule has 0 spiro atoms. The molecular formula is C18H20N2O5. The Morgan fingerprint density at radius 1 is 1.08 bits per heavy atom. The van der Waals surface area contributed by atoms with Crippen molar-refractivity contribution in [3.63, 3.8) is 0 Å². The van der Waals surface area contributed by atoms with Crippen LogP contribution >= 0.6 is 0 Å². The van der Waals surface area contributed by atoms with Gasteiger partial charge in [0, 0.05) is 30.4 Å². The van der Waals surface area contributed by atoms with Gasteiger partial charge in [0.25, 0.3) is 11.5 Å². The van der Waals surface area contributed by atoms with Crippen LogP contribution in [-0.4, -0.2) is 37.2 Å². The number of benzene rings is 1. The van der Waals surface area contributed by atoms with E-state index in [9.17, 15) is 14.4 Å². The van der Waals surface area contributed by atoms with Crippen molar-refractivity contribution in [3.8, 4) is 5.75 Å². The number of amides is 1. The fourth-order valence-electron chi connectivity index (χ4n) is 2.36. The van der Waals surface area contributed by atoms with Crippen LogP contribution < -0.4 is 15.6 Å². The lowest BCUT2D eigenvalue weighted by atomic mass is 10.1. The number of ether oxygens (including phenoxy) is 2. The molecule has 0 atom stereocenters. The maximum Gasteiger partial charge on any atom is 0.337 e. The largest absolute Gasteiger partial charge is 0.496 e. The number of carbonyl (C=O) groups is 2. The average molecular weight is 344 g/mol. The van der Waals surface area contributed by atoms with Crippen molar-refractivity contribution < 1.29 is 19.1 Å². The minimum absolute atomic E-state index is 0.187. The highest BCUT2D eigenvalue weighted by Gasteiger charge is 2.09. The van der Waals surface area contributed by atoms with Crippen molar-refractivity contribution >= 4 is 11.9 Å². The van der Waals surface area contributed by atoms with Gasteiger partial charge in [-0.1, -0.05) is 0 Å². The summed E-state index contributed by atoms with van der Waals surface area (Å²) in [7, 11) is 2.80. The highest BCUT2D eigenvalue weighted by molar-refractivity contribution is 5.96. The van der Waals surface area contributed by atoms with Crippen LogP contribution in [0.25, 0.3) is 0 Å². The SMILES string of the molecule is COC(=O)c1ccc(C(=O)NCCn2c(C)cc(OC)cc2=O)cc1. The van der Waals surface area contributed by atoms with Crippen molar-refractivity contribution in [2.24, 2.45) is 0 Å². The van der Waals surface area contributed by atoms with E-state index in [1.165, 1.54) is 32.4 Å². The molecular weight excluding hydrogens is 324 g/mol. The van der Waals surface area contributed by atoms with E-state index < -0.39 is 5.97 Å². The monoisotopic (exact) mass is 344 g/mol. The average Bonchev–Trinajstić information content (AvgIpc) is 2.62. The summed E-state index contributed by atoms with van der Waals surface area (Å²) in [5, 5.41) is 2.75. The number of aromatic nitrogens is 1. The van der Waals surface area contributed by atoms with E-state index in [1.54, 1.807) is 29.7 Å². The third-order valence-corrected chi connectivity index (χ3v) is 3.73. The van der Waals surface area contributed by atoms with Crippen molar-refractivity contribution in [2.45, 2.75) is 13.5 Å². The number of rotatable bonds is 6. The number of hydrogen-bond donors (Lipinski definition) is 1. The summed E-state index contributed by atoms with van der Waals surface area (Å²) in [5.41, 5.74) is 1.36. The predicted octanol–water partition coefficient (Wildman–Crippen LogP) is 1.38. The van der Waals surface area contributed by atoms with Crippen LogP contribution in [0.15, 0.2) is 41.2 Å². The predicted molar refractivity (Wildman–Crippen MR) is 92.1 cm³/mol. The first-order chi connectivity index (χ1) is 12.0. The van der Waals surface area contributed by atoms with E-state index in [4.69, 9.17) is 4.74 Å². The Morgan fingerprint density at radius 2 is 1.72 bits per heavy atom. The number of methoxy groups -OCH3 is 2. The highest BCUT2D eigenvalue weighted by Crippen LogP contribution is 2.09. The van der Waals surface area contributed by atoms with Crippen molar-refractivity contribution in [1.29, 1.82) is 0 Å². The molecule has 1 aromatic carbocycles. The van der Waals surface area contributed by atoms with Gasteiger partial charge in [-0.2, -0.15) is 0 Å². The minimum atomic E-state index is -0.457. The lowest BCUT2D eigenvalue weighted by Gasteiger charge is -2.12. The fourth-order valence-corrected chi connectivity index (χ4v) is 2.36. The van der Waals surface area contributed by atoms with Gasteiger partial charge in [-0.15, -0.1) is 0 Å². The van der Waals surface area contributed by atoms with E-state index in [-0.39, 0.29) is 11.5 Å². The summed E-state index contributed by atoms with van der Waals surface area (Å²) in [6, 6.07) is 9.31. The molecule has 0 saturated carbocycles. The summed E-state index contributed by atoms with van der Waals surface area (Å²) in [5.74, 6) is -0.231. The topological polar surface area (TPSA) is 86.6 Å². The molecule has 1 heterocycles. The standard InChI is InChI=1S/C18H20N2O5/c1-12-10-15(24-2)11-16(21)20(12)9-8-19-17(22)13-4-6-14(7-5-13)18(23)25-3/h4-7,10-11H,8-9H2,1-3H3,(H,19,22). The van der Waals surface area contributed by atoms with Gasteiger partial charge in [-0.25, -0.2) is 4.79 Å². The van der Waals surface area contributed by atoms with Crippen LogP contribution in [0.4, 0.5) is 0 Å². The smallest absolute Gasteiger partial charge is 0.337 e. The van der Waals surface area contributed by atoms with Gasteiger partial charge in [0.2, 0.25) is 0 Å². The molecule has 25 heavy (non-hydrogen) atoms. The van der Waals surface area contributed by atoms with E-state index in [2.05, 4.69) is 10.1 Å². The summed E-state index contributed by atoms with van der Waals surface area (Å²) in [4.78, 5) is 35.5. The molecule has 0 aliphatic carbocycles. The van der Waals surface area contributed by atoms with Gasteiger partial charge in [0.1, 0.15) is 5.75 Å². The van der Waals surface area contributed by atoms with Crippen LogP contribution in [0.5, 0.6) is 5.75 Å². The third kappa shape index (κ3) is 4.47. The zero-order valence-electron chi connectivity index (χ0n) is 14.4. The van der Waals surface area contributed by atoms with Crippen molar-refractivity contribution in [3.05, 3.63) is 63.6 Å². The minimum Gasteiger partial charge on any atom is -0.496 e. The molecule has 1 aromatic heterocycles. The molecule has 0 aliphatic rings. The highest BCUT2D eigenvalue weighted by atomic mass is 16.5. The maximum atomic E-state index is 12.1. The van der Waals surface area contributed by atoms with Crippen LogP contribution in [0.2, 0.25) is 0 Å². The molecule has 7 nitrogen and oxygen atoms in total. The number of nitrogens with zero attached hydrogens (tertiary/aromatic N) is 1. The molecule has 7 heteroatoms. The first-order valence-electron chi connectivity index (χ1n) is 7.68. The second kappa shape index (κ2) is 8.14. The van der Waals surface area contributed by atoms with Crippen LogP contribution in [0.1, 0.15) is 26.4 Å². The van der Waals surface area contributed by atoms with Gasteiger partial charge in [0.05, 0.1) is 19.8 Å². The van der Waals surface area contributed by atoms with Crippen LogP contribution in [0.3, 0.4) is 0 Å². The lowest BCUT2D eigenvalue weighted by molar-refractivity contribution is 0.0600. The summed E-state index contributed by atoms with van der Waals surface area (Å²) in [6.07, 6.45) is 0. The van der Waals surface area contributed by atoms with E-state index in [0.717, 1.165) is 5.69 Å². The Bertz CT molecular complexity index is 824. The molecule has 0 unspecified atom stereocenters. The Hall–Kier alpha value is -3.09. The zero-order chi connectivity index (χ0) is 18.4. The molecule has 132 valence electrons. The first kappa shape index (κ1) is 18.3. The Morgan fingerprint density at radius 3 is 2.28 bits per heavy atom. The van der Waals surface area contributed by atoms with Gasteiger partial charge in [-0.3, -0.25) is 9.59 Å². The second-order valence-corrected chi connectivity index (χ2v) is 5.35. The number of aryl methyl sites for hydroxylation is 1.